The second-order valence-corrected chi connectivity index (χ2v) is 7.45. The summed E-state index contributed by atoms with van der Waals surface area (Å²) in [5, 5.41) is 8.41. The monoisotopic (exact) mass is 308 g/mol. The molecule has 0 bridgehead atoms. The van der Waals surface area contributed by atoms with Crippen LogP contribution in [0.25, 0.3) is 0 Å². The van der Waals surface area contributed by atoms with Crippen LogP contribution in [0.1, 0.15) is 0 Å². The summed E-state index contributed by atoms with van der Waals surface area (Å²) in [4.78, 5) is 0. The minimum atomic E-state index is 1.32. The van der Waals surface area contributed by atoms with Gasteiger partial charge in [0.15, 0.2) is 0 Å². The summed E-state index contributed by atoms with van der Waals surface area (Å²) in [6.07, 6.45) is 16.6. The van der Waals surface area contributed by atoms with Gasteiger partial charge in [0.2, 0.25) is 0 Å². The summed E-state index contributed by atoms with van der Waals surface area (Å²) in [7, 11) is 0. The lowest BCUT2D eigenvalue weighted by Gasteiger charge is -1.87. The molecule has 0 saturated heterocycles. The van der Waals surface area contributed by atoms with Crippen LogP contribution < -0.4 is 0 Å². The van der Waals surface area contributed by atoms with Gasteiger partial charge in [0.25, 0.3) is 0 Å². The lowest BCUT2D eigenvalue weighted by molar-refractivity contribution is 1.87. The molecule has 0 aromatic carbocycles. The van der Waals surface area contributed by atoms with Gasteiger partial charge in [0.05, 0.1) is 0 Å². The Bertz CT molecular complexity index is 412. The van der Waals surface area contributed by atoms with E-state index in [-0.39, 0.29) is 0 Å². The summed E-state index contributed by atoms with van der Waals surface area (Å²) in [5.74, 6) is 0. The molecule has 2 aliphatic heterocycles. The summed E-state index contributed by atoms with van der Waals surface area (Å²) in [6.45, 7) is 0. The fourth-order valence-corrected chi connectivity index (χ4v) is 4.28. The van der Waals surface area contributed by atoms with Crippen molar-refractivity contribution in [2.75, 3.05) is 0 Å². The molecule has 0 unspecified atom stereocenters. The van der Waals surface area contributed by atoms with Crippen LogP contribution in [0.15, 0.2) is 78.7 Å². The zero-order valence-electron chi connectivity index (χ0n) is 9.56. The number of thioether (sulfide) groups is 4. The van der Waals surface area contributed by atoms with Gasteiger partial charge in [-0.25, -0.2) is 0 Å². The molecular formula is C14H12S4. The zero-order valence-corrected chi connectivity index (χ0v) is 12.8. The predicted molar refractivity (Wildman–Crippen MR) is 92.2 cm³/mol. The normalized spacial score (nSPS) is 19.1. The van der Waals surface area contributed by atoms with E-state index in [9.17, 15) is 0 Å². The van der Waals surface area contributed by atoms with Crippen LogP contribution in [-0.2, 0) is 0 Å². The van der Waals surface area contributed by atoms with E-state index in [2.05, 4.69) is 45.9 Å². The number of rotatable bonds is 4. The van der Waals surface area contributed by atoms with Crippen molar-refractivity contribution in [1.29, 1.82) is 0 Å². The van der Waals surface area contributed by atoms with Crippen LogP contribution in [0.2, 0.25) is 0 Å². The Balaban J connectivity index is 1.68. The minimum absolute atomic E-state index is 1.32. The molecule has 18 heavy (non-hydrogen) atoms. The van der Waals surface area contributed by atoms with E-state index in [0.29, 0.717) is 0 Å². The second-order valence-electron chi connectivity index (χ2n) is 3.14. The zero-order chi connectivity index (χ0) is 12.5. The highest BCUT2D eigenvalue weighted by Gasteiger charge is 1.98. The Kier molecular flexibility index (Phi) is 6.72. The van der Waals surface area contributed by atoms with Crippen molar-refractivity contribution < 1.29 is 0 Å². The van der Waals surface area contributed by atoms with E-state index < -0.39 is 0 Å². The van der Waals surface area contributed by atoms with Crippen molar-refractivity contribution in [3.63, 3.8) is 0 Å². The molecule has 0 aliphatic carbocycles. The SMILES string of the molecule is C1=CSC(=C/C=C/C=C/C=C/C=C2SC=CS2)S1. The molecule has 0 atom stereocenters. The predicted octanol–water partition coefficient (Wildman–Crippen LogP) is 6.24. The number of hydrogen-bond acceptors (Lipinski definition) is 4. The van der Waals surface area contributed by atoms with Gasteiger partial charge in [-0.2, -0.15) is 0 Å². The van der Waals surface area contributed by atoms with Crippen molar-refractivity contribution in [2.24, 2.45) is 0 Å². The maximum Gasteiger partial charge on any atom is 0.0487 e. The third-order valence-electron chi connectivity index (χ3n) is 1.87. The molecule has 0 fully saturated rings. The summed E-state index contributed by atoms with van der Waals surface area (Å²) in [6, 6.07) is 0. The highest BCUT2D eigenvalue weighted by atomic mass is 32.2. The van der Waals surface area contributed by atoms with E-state index in [0.717, 1.165) is 0 Å². The molecule has 92 valence electrons. The standard InChI is InChI=1S/C14H12S4/c1(3-5-7-13-15-9-10-16-13)2-4-6-8-14-17-11-12-18-14/h1-12H/b2-1+,5-3+,6-4+. The summed E-state index contributed by atoms with van der Waals surface area (Å²) in [5.41, 5.74) is 0. The molecule has 0 radical (unpaired) electrons. The van der Waals surface area contributed by atoms with Gasteiger partial charge < -0.3 is 0 Å². The average Bonchev–Trinajstić information content (AvgIpc) is 3.05. The fraction of sp³-hybridized carbons (Fsp3) is 0. The second kappa shape index (κ2) is 8.64. The van der Waals surface area contributed by atoms with Crippen molar-refractivity contribution >= 4 is 47.0 Å². The molecular weight excluding hydrogens is 296 g/mol. The fourth-order valence-electron chi connectivity index (χ4n) is 1.12. The molecule has 0 saturated carbocycles. The molecule has 0 amide bonds. The average molecular weight is 309 g/mol. The van der Waals surface area contributed by atoms with Gasteiger partial charge >= 0.3 is 0 Å². The van der Waals surface area contributed by atoms with Gasteiger partial charge in [-0.15, -0.1) is 0 Å². The Hall–Kier alpha value is -0.420. The highest BCUT2D eigenvalue weighted by molar-refractivity contribution is 8.27. The van der Waals surface area contributed by atoms with Crippen molar-refractivity contribution in [3.8, 4) is 0 Å². The molecule has 0 aromatic heterocycles. The van der Waals surface area contributed by atoms with E-state index >= 15 is 0 Å². The van der Waals surface area contributed by atoms with E-state index in [1.54, 1.807) is 47.0 Å². The number of hydrogen-bond donors (Lipinski definition) is 0. The first-order chi connectivity index (χ1) is 8.95. The summed E-state index contributed by atoms with van der Waals surface area (Å²) < 4.78 is 2.64. The van der Waals surface area contributed by atoms with Crippen LogP contribution in [0, 0.1) is 0 Å². The van der Waals surface area contributed by atoms with E-state index in [4.69, 9.17) is 0 Å². The molecule has 0 spiro atoms. The van der Waals surface area contributed by atoms with E-state index in [1.807, 2.05) is 24.3 Å². The molecule has 2 heterocycles. The lowest BCUT2D eigenvalue weighted by Crippen LogP contribution is -1.58. The number of allylic oxidation sites excluding steroid dienone is 8. The van der Waals surface area contributed by atoms with Crippen LogP contribution >= 0.6 is 47.0 Å². The van der Waals surface area contributed by atoms with Gasteiger partial charge in [-0.3, -0.25) is 0 Å². The Morgan fingerprint density at radius 1 is 0.500 bits per heavy atom. The quantitative estimate of drug-likeness (QED) is 0.563. The third-order valence-corrected chi connectivity index (χ3v) is 5.93. The minimum Gasteiger partial charge on any atom is -0.0902 e. The molecule has 2 aliphatic rings. The smallest absolute Gasteiger partial charge is 0.0487 e. The molecule has 0 aromatic rings. The highest BCUT2D eigenvalue weighted by Crippen LogP contribution is 2.37. The first-order valence-corrected chi connectivity index (χ1v) is 8.86. The lowest BCUT2D eigenvalue weighted by atomic mass is 10.4. The Labute approximate surface area is 125 Å². The van der Waals surface area contributed by atoms with Crippen LogP contribution in [0.3, 0.4) is 0 Å². The topological polar surface area (TPSA) is 0 Å². The van der Waals surface area contributed by atoms with Crippen LogP contribution in [-0.4, -0.2) is 0 Å². The first-order valence-electron chi connectivity index (χ1n) is 5.34. The van der Waals surface area contributed by atoms with Gasteiger partial charge in [0, 0.05) is 8.47 Å². The van der Waals surface area contributed by atoms with Crippen LogP contribution in [0.5, 0.6) is 0 Å². The van der Waals surface area contributed by atoms with Crippen molar-refractivity contribution in [3.05, 3.63) is 78.7 Å². The third kappa shape index (κ3) is 5.48. The molecule has 0 nitrogen and oxygen atoms in total. The maximum absolute atomic E-state index is 2.13. The Morgan fingerprint density at radius 2 is 0.833 bits per heavy atom. The maximum atomic E-state index is 2.13. The molecule has 4 heteroatoms. The molecule has 2 rings (SSSR count). The van der Waals surface area contributed by atoms with Gasteiger partial charge in [0.1, 0.15) is 0 Å². The van der Waals surface area contributed by atoms with Crippen molar-refractivity contribution in [2.45, 2.75) is 0 Å². The largest absolute Gasteiger partial charge is 0.0902 e. The van der Waals surface area contributed by atoms with Crippen molar-refractivity contribution in [1.82, 2.24) is 0 Å². The van der Waals surface area contributed by atoms with Gasteiger partial charge in [-0.1, -0.05) is 83.5 Å². The first kappa shape index (κ1) is 14.0. The summed E-state index contributed by atoms with van der Waals surface area (Å²) >= 11 is 7.06. The van der Waals surface area contributed by atoms with E-state index in [1.165, 1.54) is 8.47 Å². The van der Waals surface area contributed by atoms with Gasteiger partial charge in [-0.05, 0) is 33.8 Å². The Morgan fingerprint density at radius 3 is 1.22 bits per heavy atom. The molecule has 0 N–H and O–H groups in total. The van der Waals surface area contributed by atoms with Crippen LogP contribution in [0.4, 0.5) is 0 Å².